The van der Waals surface area contributed by atoms with Crippen LogP contribution in [0.25, 0.3) is 6.08 Å². The highest BCUT2D eigenvalue weighted by atomic mass is 32.2. The number of hydrogen-bond donors (Lipinski definition) is 1. The maximum atomic E-state index is 11.8. The topological polar surface area (TPSA) is 72.5 Å². The summed E-state index contributed by atoms with van der Waals surface area (Å²) in [7, 11) is -3.70. The van der Waals surface area contributed by atoms with E-state index < -0.39 is 22.5 Å². The van der Waals surface area contributed by atoms with Gasteiger partial charge in [0.05, 0.1) is 0 Å². The molecule has 0 unspecified atom stereocenters. The lowest BCUT2D eigenvalue weighted by atomic mass is 10.2. The zero-order chi connectivity index (χ0) is 18.1. The van der Waals surface area contributed by atoms with Gasteiger partial charge in [-0.3, -0.25) is 4.79 Å². The highest BCUT2D eigenvalue weighted by Crippen LogP contribution is 2.15. The van der Waals surface area contributed by atoms with E-state index in [0.717, 1.165) is 21.4 Å². The van der Waals surface area contributed by atoms with Crippen molar-refractivity contribution in [2.45, 2.75) is 11.5 Å². The molecule has 0 fully saturated rings. The van der Waals surface area contributed by atoms with E-state index in [4.69, 9.17) is 4.74 Å². The second kappa shape index (κ2) is 9.41. The van der Waals surface area contributed by atoms with E-state index in [1.165, 1.54) is 6.08 Å². The van der Waals surface area contributed by atoms with E-state index in [-0.39, 0.29) is 6.61 Å². The minimum atomic E-state index is -3.70. The molecule has 0 saturated carbocycles. The van der Waals surface area contributed by atoms with Gasteiger partial charge in [0, 0.05) is 10.3 Å². The quantitative estimate of drug-likeness (QED) is 0.565. The zero-order valence-electron chi connectivity index (χ0n) is 13.7. The number of benzene rings is 2. The van der Waals surface area contributed by atoms with Gasteiger partial charge in [-0.05, 0) is 35.6 Å². The second-order valence-corrected chi connectivity index (χ2v) is 7.62. The molecule has 0 heterocycles. The standard InChI is InChI=1S/C18H19NO4S2/c1-24-17-9-7-16(8-10-17)14-23-18(20)13-19-25(21,22)12-11-15-5-3-2-4-6-15/h2-12,19H,13-14H2,1H3/b12-11+. The largest absolute Gasteiger partial charge is 0.460 e. The van der Waals surface area contributed by atoms with Gasteiger partial charge >= 0.3 is 5.97 Å². The summed E-state index contributed by atoms with van der Waals surface area (Å²) in [6.45, 7) is -0.306. The van der Waals surface area contributed by atoms with Crippen LogP contribution in [0, 0.1) is 0 Å². The number of hydrogen-bond acceptors (Lipinski definition) is 5. The SMILES string of the molecule is CSc1ccc(COC(=O)CNS(=O)(=O)/C=C/c2ccccc2)cc1. The number of sulfonamides is 1. The molecular weight excluding hydrogens is 358 g/mol. The maximum Gasteiger partial charge on any atom is 0.321 e. The van der Waals surface area contributed by atoms with Crippen LogP contribution in [0.4, 0.5) is 0 Å². The minimum absolute atomic E-state index is 0.106. The van der Waals surface area contributed by atoms with E-state index in [0.29, 0.717) is 0 Å². The van der Waals surface area contributed by atoms with Crippen LogP contribution < -0.4 is 4.72 Å². The van der Waals surface area contributed by atoms with Crippen molar-refractivity contribution < 1.29 is 17.9 Å². The van der Waals surface area contributed by atoms with Gasteiger partial charge in [0.25, 0.3) is 0 Å². The van der Waals surface area contributed by atoms with Crippen molar-refractivity contribution in [3.8, 4) is 0 Å². The van der Waals surface area contributed by atoms with Crippen molar-refractivity contribution in [1.29, 1.82) is 0 Å². The molecule has 0 spiro atoms. The average molecular weight is 377 g/mol. The molecule has 0 aliphatic heterocycles. The molecule has 1 N–H and O–H groups in total. The number of thioether (sulfide) groups is 1. The second-order valence-electron chi connectivity index (χ2n) is 5.09. The molecule has 0 amide bonds. The van der Waals surface area contributed by atoms with Crippen LogP contribution in [0.15, 0.2) is 64.9 Å². The monoisotopic (exact) mass is 377 g/mol. The Morgan fingerprint density at radius 1 is 1.12 bits per heavy atom. The smallest absolute Gasteiger partial charge is 0.321 e. The molecule has 132 valence electrons. The summed E-state index contributed by atoms with van der Waals surface area (Å²) in [5.41, 5.74) is 1.60. The minimum Gasteiger partial charge on any atom is -0.460 e. The van der Waals surface area contributed by atoms with Crippen molar-refractivity contribution in [2.24, 2.45) is 0 Å². The van der Waals surface area contributed by atoms with Gasteiger partial charge < -0.3 is 4.74 Å². The predicted octanol–water partition coefficient (Wildman–Crippen LogP) is 3.04. The van der Waals surface area contributed by atoms with Crippen molar-refractivity contribution in [2.75, 3.05) is 12.8 Å². The van der Waals surface area contributed by atoms with Crippen LogP contribution in [0.2, 0.25) is 0 Å². The third-order valence-corrected chi connectivity index (χ3v) is 5.00. The molecule has 0 aromatic heterocycles. The van der Waals surface area contributed by atoms with Crippen LogP contribution in [0.5, 0.6) is 0 Å². The lowest BCUT2D eigenvalue weighted by Crippen LogP contribution is -2.29. The van der Waals surface area contributed by atoms with E-state index in [1.807, 2.05) is 48.7 Å². The Bertz CT molecular complexity index is 816. The van der Waals surface area contributed by atoms with Crippen molar-refractivity contribution in [1.82, 2.24) is 4.72 Å². The molecule has 7 heteroatoms. The van der Waals surface area contributed by atoms with Crippen LogP contribution in [0.3, 0.4) is 0 Å². The summed E-state index contributed by atoms with van der Waals surface area (Å²) in [5.74, 6) is -0.634. The van der Waals surface area contributed by atoms with Gasteiger partial charge in [-0.2, -0.15) is 0 Å². The molecule has 0 aliphatic rings. The Hall–Kier alpha value is -2.09. The normalized spacial score (nSPS) is 11.6. The first-order chi connectivity index (χ1) is 12.0. The van der Waals surface area contributed by atoms with Crippen molar-refractivity contribution in [3.05, 3.63) is 71.1 Å². The molecule has 0 radical (unpaired) electrons. The number of esters is 1. The number of carbonyl (C=O) groups is 1. The summed E-state index contributed by atoms with van der Waals surface area (Å²) in [6.07, 6.45) is 3.44. The summed E-state index contributed by atoms with van der Waals surface area (Å²) >= 11 is 1.62. The van der Waals surface area contributed by atoms with Gasteiger partial charge in [0.2, 0.25) is 10.0 Å². The maximum absolute atomic E-state index is 11.8. The Labute approximate surface area is 152 Å². The fourth-order valence-electron chi connectivity index (χ4n) is 1.88. The van der Waals surface area contributed by atoms with E-state index in [9.17, 15) is 13.2 Å². The Balaban J connectivity index is 1.79. The van der Waals surface area contributed by atoms with Gasteiger partial charge in [-0.1, -0.05) is 42.5 Å². The highest BCUT2D eigenvalue weighted by molar-refractivity contribution is 7.98. The molecule has 25 heavy (non-hydrogen) atoms. The summed E-state index contributed by atoms with van der Waals surface area (Å²) < 4.78 is 30.9. The Kier molecular flexibility index (Phi) is 7.24. The fourth-order valence-corrected chi connectivity index (χ4v) is 3.04. The number of rotatable bonds is 8. The molecule has 2 aromatic carbocycles. The Morgan fingerprint density at radius 2 is 1.80 bits per heavy atom. The number of nitrogens with one attached hydrogen (secondary N) is 1. The van der Waals surface area contributed by atoms with E-state index >= 15 is 0 Å². The van der Waals surface area contributed by atoms with Crippen LogP contribution in [-0.2, 0) is 26.2 Å². The lowest BCUT2D eigenvalue weighted by molar-refractivity contribution is -0.143. The molecule has 2 aromatic rings. The molecule has 0 bridgehead atoms. The summed E-state index contributed by atoms with van der Waals surface area (Å²) in [6, 6.07) is 16.6. The molecule has 0 atom stereocenters. The van der Waals surface area contributed by atoms with Gasteiger partial charge in [-0.15, -0.1) is 11.8 Å². The fraction of sp³-hybridized carbons (Fsp3) is 0.167. The molecule has 0 saturated heterocycles. The summed E-state index contributed by atoms with van der Waals surface area (Å²) in [4.78, 5) is 12.8. The molecule has 5 nitrogen and oxygen atoms in total. The predicted molar refractivity (Wildman–Crippen MR) is 100 cm³/mol. The first-order valence-corrected chi connectivity index (χ1v) is 10.3. The molecular formula is C18H19NO4S2. The first kappa shape index (κ1) is 19.2. The van der Waals surface area contributed by atoms with Crippen molar-refractivity contribution in [3.63, 3.8) is 0 Å². The van der Waals surface area contributed by atoms with Crippen LogP contribution in [0.1, 0.15) is 11.1 Å². The van der Waals surface area contributed by atoms with Crippen molar-refractivity contribution >= 4 is 33.8 Å². The van der Waals surface area contributed by atoms with Gasteiger partial charge in [-0.25, -0.2) is 13.1 Å². The third-order valence-electron chi connectivity index (χ3n) is 3.22. The molecule has 0 aliphatic carbocycles. The highest BCUT2D eigenvalue weighted by Gasteiger charge is 2.10. The lowest BCUT2D eigenvalue weighted by Gasteiger charge is -2.06. The van der Waals surface area contributed by atoms with Crippen LogP contribution in [-0.4, -0.2) is 27.2 Å². The number of ether oxygens (including phenoxy) is 1. The Morgan fingerprint density at radius 3 is 2.44 bits per heavy atom. The average Bonchev–Trinajstić information content (AvgIpc) is 2.64. The summed E-state index contributed by atoms with van der Waals surface area (Å²) in [5, 5.41) is 1.02. The van der Waals surface area contributed by atoms with Gasteiger partial charge in [0.1, 0.15) is 13.2 Å². The first-order valence-electron chi connectivity index (χ1n) is 7.50. The van der Waals surface area contributed by atoms with Gasteiger partial charge in [0.15, 0.2) is 0 Å². The van der Waals surface area contributed by atoms with Crippen LogP contribution >= 0.6 is 11.8 Å². The number of carbonyl (C=O) groups excluding carboxylic acids is 1. The third kappa shape index (κ3) is 7.13. The zero-order valence-corrected chi connectivity index (χ0v) is 15.3. The van der Waals surface area contributed by atoms with E-state index in [2.05, 4.69) is 4.72 Å². The molecule has 2 rings (SSSR count). The van der Waals surface area contributed by atoms with E-state index in [1.54, 1.807) is 23.9 Å².